The minimum atomic E-state index is 0.470. The largest absolute Gasteiger partial charge is 0.311 e. The monoisotopic (exact) mass is 222 g/mol. The molecule has 1 aliphatic rings. The van der Waals surface area contributed by atoms with E-state index < -0.39 is 0 Å². The summed E-state index contributed by atoms with van der Waals surface area (Å²) >= 11 is 0. The van der Waals surface area contributed by atoms with Gasteiger partial charge in [0.1, 0.15) is 0 Å². The number of aromatic nitrogens is 3. The van der Waals surface area contributed by atoms with E-state index in [2.05, 4.69) is 43.3 Å². The fourth-order valence-electron chi connectivity index (χ4n) is 2.38. The van der Waals surface area contributed by atoms with Gasteiger partial charge in [0.05, 0.1) is 11.9 Å². The molecule has 1 N–H and O–H groups in total. The molecule has 2 rings (SSSR count). The van der Waals surface area contributed by atoms with E-state index in [1.165, 1.54) is 12.1 Å². The van der Waals surface area contributed by atoms with Crippen LogP contribution >= 0.6 is 0 Å². The molecule has 1 aromatic rings. The van der Waals surface area contributed by atoms with Gasteiger partial charge < -0.3 is 5.32 Å². The Labute approximate surface area is 97.4 Å². The summed E-state index contributed by atoms with van der Waals surface area (Å²) in [5.74, 6) is 0. The first-order valence-corrected chi connectivity index (χ1v) is 6.07. The second-order valence-corrected chi connectivity index (χ2v) is 5.77. The Balaban J connectivity index is 1.81. The molecule has 1 heterocycles. The Morgan fingerprint density at radius 1 is 1.44 bits per heavy atom. The van der Waals surface area contributed by atoms with Gasteiger partial charge in [-0.2, -0.15) is 0 Å². The van der Waals surface area contributed by atoms with Crippen molar-refractivity contribution >= 4 is 0 Å². The maximum Gasteiger partial charge on any atom is 0.0738 e. The summed E-state index contributed by atoms with van der Waals surface area (Å²) in [6.07, 6.45) is 3.16. The maximum atomic E-state index is 4.02. The number of hydrogen-bond donors (Lipinski definition) is 1. The summed E-state index contributed by atoms with van der Waals surface area (Å²) in [6.45, 7) is 12.0. The first kappa shape index (κ1) is 11.6. The predicted octanol–water partition coefficient (Wildman–Crippen LogP) is 1.82. The number of hydrogen-bond acceptors (Lipinski definition) is 3. The van der Waals surface area contributed by atoms with E-state index in [0.717, 1.165) is 19.6 Å². The standard InChI is InChI=1S/C12H22N4/c1-5-16-10(7-14-15-16)6-13-9-12(4)8-11(12,2)3/h7,13H,5-6,8-9H2,1-4H3/t12-/m1/s1. The SMILES string of the molecule is CCn1nncc1CNC[C@@]1(C)CC1(C)C. The van der Waals surface area contributed by atoms with E-state index in [-0.39, 0.29) is 0 Å². The highest BCUT2D eigenvalue weighted by Crippen LogP contribution is 2.62. The smallest absolute Gasteiger partial charge is 0.0738 e. The van der Waals surface area contributed by atoms with Crippen LogP contribution < -0.4 is 5.32 Å². The third-order valence-corrected chi connectivity index (χ3v) is 4.16. The van der Waals surface area contributed by atoms with Crippen molar-refractivity contribution in [3.05, 3.63) is 11.9 Å². The molecule has 1 aliphatic carbocycles. The molecule has 1 saturated carbocycles. The summed E-state index contributed by atoms with van der Waals surface area (Å²) in [7, 11) is 0. The summed E-state index contributed by atoms with van der Waals surface area (Å²) in [5, 5.41) is 11.5. The first-order chi connectivity index (χ1) is 7.48. The molecule has 0 radical (unpaired) electrons. The molecule has 90 valence electrons. The molecule has 16 heavy (non-hydrogen) atoms. The summed E-state index contributed by atoms with van der Waals surface area (Å²) in [5.41, 5.74) is 2.14. The van der Waals surface area contributed by atoms with Crippen LogP contribution in [0.25, 0.3) is 0 Å². The molecule has 0 aliphatic heterocycles. The van der Waals surface area contributed by atoms with Crippen molar-refractivity contribution in [1.29, 1.82) is 0 Å². The van der Waals surface area contributed by atoms with Gasteiger partial charge in [-0.3, -0.25) is 0 Å². The lowest BCUT2D eigenvalue weighted by molar-refractivity contribution is 0.387. The van der Waals surface area contributed by atoms with Gasteiger partial charge in [-0.05, 0) is 24.2 Å². The Bertz CT molecular complexity index is 369. The van der Waals surface area contributed by atoms with Crippen LogP contribution in [0, 0.1) is 10.8 Å². The summed E-state index contributed by atoms with van der Waals surface area (Å²) in [4.78, 5) is 0. The van der Waals surface area contributed by atoms with E-state index in [0.29, 0.717) is 10.8 Å². The second kappa shape index (κ2) is 3.84. The second-order valence-electron chi connectivity index (χ2n) is 5.77. The third kappa shape index (κ3) is 1.98. The normalized spacial score (nSPS) is 27.0. The van der Waals surface area contributed by atoms with Crippen LogP contribution in [0.5, 0.6) is 0 Å². The van der Waals surface area contributed by atoms with Gasteiger partial charge in [0.25, 0.3) is 0 Å². The lowest BCUT2D eigenvalue weighted by Crippen LogP contribution is -2.25. The van der Waals surface area contributed by atoms with Crippen LogP contribution in [0.2, 0.25) is 0 Å². The van der Waals surface area contributed by atoms with E-state index in [1.54, 1.807) is 0 Å². The van der Waals surface area contributed by atoms with Crippen molar-refractivity contribution in [3.63, 3.8) is 0 Å². The van der Waals surface area contributed by atoms with Crippen molar-refractivity contribution < 1.29 is 0 Å². The van der Waals surface area contributed by atoms with Gasteiger partial charge in [-0.1, -0.05) is 26.0 Å². The number of aryl methyl sites for hydroxylation is 1. The lowest BCUT2D eigenvalue weighted by Gasteiger charge is -2.15. The minimum Gasteiger partial charge on any atom is -0.311 e. The van der Waals surface area contributed by atoms with Gasteiger partial charge in [-0.15, -0.1) is 5.10 Å². The van der Waals surface area contributed by atoms with Crippen LogP contribution in [0.4, 0.5) is 0 Å². The zero-order valence-corrected chi connectivity index (χ0v) is 10.7. The van der Waals surface area contributed by atoms with E-state index in [9.17, 15) is 0 Å². The zero-order valence-electron chi connectivity index (χ0n) is 10.7. The third-order valence-electron chi connectivity index (χ3n) is 4.16. The average molecular weight is 222 g/mol. The molecule has 0 amide bonds. The topological polar surface area (TPSA) is 42.7 Å². The van der Waals surface area contributed by atoms with Crippen LogP contribution in [0.15, 0.2) is 6.20 Å². The Morgan fingerprint density at radius 2 is 2.12 bits per heavy atom. The molecule has 4 heteroatoms. The van der Waals surface area contributed by atoms with E-state index in [1.807, 2.05) is 10.9 Å². The van der Waals surface area contributed by atoms with Crippen molar-refractivity contribution in [1.82, 2.24) is 20.3 Å². The molecular weight excluding hydrogens is 200 g/mol. The molecule has 4 nitrogen and oxygen atoms in total. The molecule has 0 unspecified atom stereocenters. The van der Waals surface area contributed by atoms with Crippen LogP contribution in [-0.2, 0) is 13.1 Å². The van der Waals surface area contributed by atoms with Gasteiger partial charge in [0.2, 0.25) is 0 Å². The highest BCUT2D eigenvalue weighted by molar-refractivity contribution is 5.08. The van der Waals surface area contributed by atoms with Gasteiger partial charge in [0.15, 0.2) is 0 Å². The summed E-state index contributed by atoms with van der Waals surface area (Å²) < 4.78 is 1.94. The lowest BCUT2D eigenvalue weighted by atomic mass is 9.98. The van der Waals surface area contributed by atoms with Crippen molar-refractivity contribution in [2.24, 2.45) is 10.8 Å². The molecule has 0 aromatic carbocycles. The highest BCUT2D eigenvalue weighted by Gasteiger charge is 2.56. The molecule has 1 atom stereocenters. The highest BCUT2D eigenvalue weighted by atomic mass is 15.4. The van der Waals surface area contributed by atoms with Crippen molar-refractivity contribution in [3.8, 4) is 0 Å². The van der Waals surface area contributed by atoms with Crippen molar-refractivity contribution in [2.45, 2.75) is 47.2 Å². The fraction of sp³-hybridized carbons (Fsp3) is 0.833. The van der Waals surface area contributed by atoms with Crippen LogP contribution in [-0.4, -0.2) is 21.5 Å². The quantitative estimate of drug-likeness (QED) is 0.826. The number of rotatable bonds is 5. The fourth-order valence-corrected chi connectivity index (χ4v) is 2.38. The minimum absolute atomic E-state index is 0.470. The summed E-state index contributed by atoms with van der Waals surface area (Å²) in [6, 6.07) is 0. The van der Waals surface area contributed by atoms with Crippen LogP contribution in [0.1, 0.15) is 39.8 Å². The molecule has 1 fully saturated rings. The van der Waals surface area contributed by atoms with Gasteiger partial charge in [0, 0.05) is 19.6 Å². The van der Waals surface area contributed by atoms with Crippen molar-refractivity contribution in [2.75, 3.05) is 6.54 Å². The maximum absolute atomic E-state index is 4.02. The first-order valence-electron chi connectivity index (χ1n) is 6.07. The predicted molar refractivity (Wildman–Crippen MR) is 63.9 cm³/mol. The molecular formula is C12H22N4. The zero-order chi connectivity index (χ0) is 11.8. The number of nitrogens with zero attached hydrogens (tertiary/aromatic N) is 3. The van der Waals surface area contributed by atoms with E-state index in [4.69, 9.17) is 0 Å². The Kier molecular flexibility index (Phi) is 2.78. The van der Waals surface area contributed by atoms with E-state index >= 15 is 0 Å². The Hall–Kier alpha value is -0.900. The molecule has 0 bridgehead atoms. The van der Waals surface area contributed by atoms with Crippen LogP contribution in [0.3, 0.4) is 0 Å². The van der Waals surface area contributed by atoms with Gasteiger partial charge in [-0.25, -0.2) is 4.68 Å². The number of nitrogens with one attached hydrogen (secondary N) is 1. The Morgan fingerprint density at radius 3 is 2.69 bits per heavy atom. The van der Waals surface area contributed by atoms with Gasteiger partial charge >= 0.3 is 0 Å². The average Bonchev–Trinajstić information content (AvgIpc) is 2.62. The molecule has 0 spiro atoms. The molecule has 0 saturated heterocycles. The molecule has 1 aromatic heterocycles.